The molecule has 0 rings (SSSR count). The monoisotopic (exact) mass is 201 g/mol. The lowest BCUT2D eigenvalue weighted by Crippen LogP contribution is -2.35. The Morgan fingerprint density at radius 1 is 1.14 bits per heavy atom. The fourth-order valence-electron chi connectivity index (χ4n) is 2.00. The van der Waals surface area contributed by atoms with E-state index < -0.39 is 0 Å². The molecule has 0 heterocycles. The summed E-state index contributed by atoms with van der Waals surface area (Å²) in [6.07, 6.45) is 5.17. The first kappa shape index (κ1) is 13.9. The van der Waals surface area contributed by atoms with Crippen LogP contribution in [0.25, 0.3) is 0 Å². The van der Waals surface area contributed by atoms with Gasteiger partial charge in [-0.2, -0.15) is 0 Å². The predicted octanol–water partition coefficient (Wildman–Crippen LogP) is 2.83. The van der Waals surface area contributed by atoms with Crippen LogP contribution >= 0.6 is 0 Å². The predicted molar refractivity (Wildman–Crippen MR) is 62.7 cm³/mol. The Bertz CT molecular complexity index is 121. The summed E-state index contributed by atoms with van der Waals surface area (Å²) in [5, 5.41) is 3.49. The average Bonchev–Trinajstić information content (AvgIpc) is 2.23. The van der Waals surface area contributed by atoms with E-state index in [1.165, 1.54) is 25.7 Å². The summed E-state index contributed by atoms with van der Waals surface area (Å²) >= 11 is 0. The van der Waals surface area contributed by atoms with Crippen LogP contribution in [0.5, 0.6) is 0 Å². The summed E-state index contributed by atoms with van der Waals surface area (Å²) in [7, 11) is 1.75. The van der Waals surface area contributed by atoms with Gasteiger partial charge in [-0.05, 0) is 24.7 Å². The third-order valence-electron chi connectivity index (χ3n) is 3.26. The lowest BCUT2D eigenvalue weighted by Gasteiger charge is -2.31. The largest absolute Gasteiger partial charge is 0.383 e. The quantitative estimate of drug-likeness (QED) is 0.579. The second-order valence-corrected chi connectivity index (χ2v) is 4.13. The molecule has 14 heavy (non-hydrogen) atoms. The summed E-state index contributed by atoms with van der Waals surface area (Å²) in [5.41, 5.74) is 0.516. The molecule has 0 atom stereocenters. The van der Waals surface area contributed by atoms with Crippen LogP contribution in [0.1, 0.15) is 46.5 Å². The molecule has 2 heteroatoms. The normalized spacial score (nSPS) is 12.0. The summed E-state index contributed by atoms with van der Waals surface area (Å²) < 4.78 is 5.02. The van der Waals surface area contributed by atoms with E-state index in [2.05, 4.69) is 26.1 Å². The molecule has 0 spiro atoms. The molecule has 0 fully saturated rings. The van der Waals surface area contributed by atoms with Crippen LogP contribution < -0.4 is 5.32 Å². The Hall–Kier alpha value is -0.0800. The molecule has 0 aliphatic rings. The molecule has 86 valence electrons. The summed E-state index contributed by atoms with van der Waals surface area (Å²) in [6, 6.07) is 0. The van der Waals surface area contributed by atoms with Crippen molar-refractivity contribution in [2.24, 2.45) is 5.41 Å². The minimum absolute atomic E-state index is 0.516. The van der Waals surface area contributed by atoms with E-state index in [9.17, 15) is 0 Å². The van der Waals surface area contributed by atoms with Gasteiger partial charge in [-0.25, -0.2) is 0 Å². The van der Waals surface area contributed by atoms with Crippen molar-refractivity contribution >= 4 is 0 Å². The van der Waals surface area contributed by atoms with Gasteiger partial charge in [0.25, 0.3) is 0 Å². The Labute approximate surface area is 89.4 Å². The molecule has 0 radical (unpaired) electrons. The van der Waals surface area contributed by atoms with Gasteiger partial charge < -0.3 is 10.1 Å². The molecular formula is C12H27NO. The SMILES string of the molecule is CCCC(CC)(CC)CNCCOC. The number of hydrogen-bond acceptors (Lipinski definition) is 2. The highest BCUT2D eigenvalue weighted by atomic mass is 16.5. The molecule has 0 aliphatic heterocycles. The van der Waals surface area contributed by atoms with E-state index in [1.54, 1.807) is 7.11 Å². The van der Waals surface area contributed by atoms with E-state index in [4.69, 9.17) is 4.74 Å². The fraction of sp³-hybridized carbons (Fsp3) is 1.00. The van der Waals surface area contributed by atoms with Gasteiger partial charge in [0.15, 0.2) is 0 Å². The number of methoxy groups -OCH3 is 1. The number of rotatable bonds is 9. The third-order valence-corrected chi connectivity index (χ3v) is 3.26. The van der Waals surface area contributed by atoms with E-state index in [0.29, 0.717) is 5.41 Å². The van der Waals surface area contributed by atoms with Gasteiger partial charge in [-0.1, -0.05) is 27.2 Å². The number of hydrogen-bond donors (Lipinski definition) is 1. The van der Waals surface area contributed by atoms with Gasteiger partial charge in [0.1, 0.15) is 0 Å². The summed E-state index contributed by atoms with van der Waals surface area (Å²) in [6.45, 7) is 9.80. The maximum absolute atomic E-state index is 5.02. The van der Waals surface area contributed by atoms with Gasteiger partial charge in [-0.3, -0.25) is 0 Å². The van der Waals surface area contributed by atoms with Crippen molar-refractivity contribution in [3.8, 4) is 0 Å². The zero-order valence-corrected chi connectivity index (χ0v) is 10.4. The van der Waals surface area contributed by atoms with Crippen molar-refractivity contribution in [3.63, 3.8) is 0 Å². The van der Waals surface area contributed by atoms with E-state index >= 15 is 0 Å². The van der Waals surface area contributed by atoms with Crippen LogP contribution in [0.15, 0.2) is 0 Å². The molecular weight excluding hydrogens is 174 g/mol. The highest BCUT2D eigenvalue weighted by Gasteiger charge is 2.23. The summed E-state index contributed by atoms with van der Waals surface area (Å²) in [4.78, 5) is 0. The van der Waals surface area contributed by atoms with Gasteiger partial charge in [0, 0.05) is 20.2 Å². The zero-order chi connectivity index (χ0) is 10.9. The van der Waals surface area contributed by atoms with Crippen LogP contribution in [-0.2, 0) is 4.74 Å². The van der Waals surface area contributed by atoms with Crippen molar-refractivity contribution in [2.45, 2.75) is 46.5 Å². The standard InChI is InChI=1S/C12H27NO/c1-5-8-12(6-2,7-3)11-13-9-10-14-4/h13H,5-11H2,1-4H3. The third kappa shape index (κ3) is 4.97. The molecule has 1 N–H and O–H groups in total. The van der Waals surface area contributed by atoms with Gasteiger partial charge in [0.05, 0.1) is 6.61 Å². The van der Waals surface area contributed by atoms with Crippen LogP contribution in [0.3, 0.4) is 0 Å². The van der Waals surface area contributed by atoms with Crippen LogP contribution in [0.2, 0.25) is 0 Å². The minimum atomic E-state index is 0.516. The van der Waals surface area contributed by atoms with E-state index in [1.807, 2.05) is 0 Å². The first-order valence-electron chi connectivity index (χ1n) is 5.94. The molecule has 0 aromatic rings. The second-order valence-electron chi connectivity index (χ2n) is 4.13. The Balaban J connectivity index is 3.82. The first-order valence-corrected chi connectivity index (χ1v) is 5.94. The van der Waals surface area contributed by atoms with Crippen LogP contribution in [0.4, 0.5) is 0 Å². The van der Waals surface area contributed by atoms with Gasteiger partial charge in [0.2, 0.25) is 0 Å². The lowest BCUT2D eigenvalue weighted by molar-refractivity contribution is 0.181. The zero-order valence-electron chi connectivity index (χ0n) is 10.4. The second kappa shape index (κ2) is 8.25. The van der Waals surface area contributed by atoms with Crippen molar-refractivity contribution in [1.82, 2.24) is 5.32 Å². The average molecular weight is 201 g/mol. The Morgan fingerprint density at radius 3 is 2.21 bits per heavy atom. The van der Waals surface area contributed by atoms with E-state index in [-0.39, 0.29) is 0 Å². The van der Waals surface area contributed by atoms with Crippen molar-refractivity contribution < 1.29 is 4.74 Å². The summed E-state index contributed by atoms with van der Waals surface area (Å²) in [5.74, 6) is 0. The maximum atomic E-state index is 5.02. The smallest absolute Gasteiger partial charge is 0.0587 e. The first-order chi connectivity index (χ1) is 6.74. The molecule has 0 amide bonds. The maximum Gasteiger partial charge on any atom is 0.0587 e. The molecule has 0 aromatic carbocycles. The van der Waals surface area contributed by atoms with Gasteiger partial charge in [-0.15, -0.1) is 0 Å². The molecule has 0 bridgehead atoms. The van der Waals surface area contributed by atoms with Crippen molar-refractivity contribution in [3.05, 3.63) is 0 Å². The Morgan fingerprint density at radius 2 is 1.79 bits per heavy atom. The molecule has 0 aliphatic carbocycles. The molecule has 0 aromatic heterocycles. The van der Waals surface area contributed by atoms with Crippen LogP contribution in [0, 0.1) is 5.41 Å². The number of ether oxygens (including phenoxy) is 1. The molecule has 2 nitrogen and oxygen atoms in total. The topological polar surface area (TPSA) is 21.3 Å². The van der Waals surface area contributed by atoms with Crippen molar-refractivity contribution in [2.75, 3.05) is 26.8 Å². The molecule has 0 saturated heterocycles. The molecule has 0 unspecified atom stereocenters. The Kier molecular flexibility index (Phi) is 8.20. The van der Waals surface area contributed by atoms with Crippen LogP contribution in [-0.4, -0.2) is 26.8 Å². The van der Waals surface area contributed by atoms with E-state index in [0.717, 1.165) is 19.7 Å². The highest BCUT2D eigenvalue weighted by molar-refractivity contribution is 4.78. The number of nitrogens with one attached hydrogen (secondary N) is 1. The van der Waals surface area contributed by atoms with Crippen molar-refractivity contribution in [1.29, 1.82) is 0 Å². The fourth-order valence-corrected chi connectivity index (χ4v) is 2.00. The highest BCUT2D eigenvalue weighted by Crippen LogP contribution is 2.30. The molecule has 0 saturated carbocycles. The minimum Gasteiger partial charge on any atom is -0.383 e. The van der Waals surface area contributed by atoms with Gasteiger partial charge >= 0.3 is 0 Å². The lowest BCUT2D eigenvalue weighted by atomic mass is 9.78.